The molecule has 4 nitrogen and oxygen atoms in total. The van der Waals surface area contributed by atoms with Gasteiger partial charge in [0.1, 0.15) is 5.82 Å². The van der Waals surface area contributed by atoms with Gasteiger partial charge in [-0.15, -0.1) is 0 Å². The molecule has 4 heteroatoms. The molecule has 0 aromatic carbocycles. The largest absolute Gasteiger partial charge is 0.392 e. The van der Waals surface area contributed by atoms with E-state index in [-0.39, 0.29) is 6.61 Å². The molecule has 1 unspecified atom stereocenters. The Bertz CT molecular complexity index is 369. The van der Waals surface area contributed by atoms with Crippen molar-refractivity contribution >= 4 is 5.82 Å². The highest BCUT2D eigenvalue weighted by atomic mass is 16.5. The predicted octanol–water partition coefficient (Wildman–Crippen LogP) is 2.13. The van der Waals surface area contributed by atoms with Crippen LogP contribution in [0.3, 0.4) is 0 Å². The Balaban J connectivity index is 2.93. The molecule has 0 saturated carbocycles. The molecule has 0 bridgehead atoms. The van der Waals surface area contributed by atoms with Crippen molar-refractivity contribution in [2.45, 2.75) is 39.8 Å². The molecule has 1 rings (SSSR count). The maximum absolute atomic E-state index is 9.17. The van der Waals surface area contributed by atoms with Gasteiger partial charge < -0.3 is 14.7 Å². The summed E-state index contributed by atoms with van der Waals surface area (Å²) in [5.74, 6) is 0.955. The van der Waals surface area contributed by atoms with E-state index in [1.165, 1.54) is 0 Å². The highest BCUT2D eigenvalue weighted by molar-refractivity contribution is 5.42. The Morgan fingerprint density at radius 3 is 2.67 bits per heavy atom. The minimum atomic E-state index is 0.0422. The van der Waals surface area contributed by atoms with Crippen LogP contribution in [0, 0.1) is 6.92 Å². The molecule has 0 aliphatic rings. The molecule has 0 radical (unpaired) electrons. The van der Waals surface area contributed by atoms with Gasteiger partial charge in [0.25, 0.3) is 0 Å². The third kappa shape index (κ3) is 3.68. The summed E-state index contributed by atoms with van der Waals surface area (Å²) in [5.41, 5.74) is 1.77. The predicted molar refractivity (Wildman–Crippen MR) is 73.9 cm³/mol. The van der Waals surface area contributed by atoms with Gasteiger partial charge in [0.15, 0.2) is 0 Å². The number of aromatic nitrogens is 1. The first-order valence-electron chi connectivity index (χ1n) is 6.47. The minimum absolute atomic E-state index is 0.0422. The second kappa shape index (κ2) is 7.34. The number of aryl methyl sites for hydroxylation is 1. The first-order valence-corrected chi connectivity index (χ1v) is 6.47. The van der Waals surface area contributed by atoms with Gasteiger partial charge in [0.05, 0.1) is 13.2 Å². The number of hydrogen-bond acceptors (Lipinski definition) is 4. The van der Waals surface area contributed by atoms with Crippen molar-refractivity contribution in [3.63, 3.8) is 0 Å². The fraction of sp³-hybridized carbons (Fsp3) is 0.643. The van der Waals surface area contributed by atoms with E-state index in [0.29, 0.717) is 12.6 Å². The number of hydrogen-bond donors (Lipinski definition) is 1. The van der Waals surface area contributed by atoms with Crippen LogP contribution in [0.2, 0.25) is 0 Å². The van der Waals surface area contributed by atoms with E-state index in [1.807, 2.05) is 19.1 Å². The maximum Gasteiger partial charge on any atom is 0.129 e. The van der Waals surface area contributed by atoms with Gasteiger partial charge in [-0.05, 0) is 31.9 Å². The second-order valence-electron chi connectivity index (χ2n) is 4.52. The Kier molecular flexibility index (Phi) is 6.09. The molecule has 102 valence electrons. The van der Waals surface area contributed by atoms with Crippen molar-refractivity contribution in [2.75, 3.05) is 25.2 Å². The molecule has 1 aromatic rings. The number of aliphatic hydroxyl groups excluding tert-OH is 1. The number of ether oxygens (including phenoxy) is 1. The number of pyridine rings is 1. The van der Waals surface area contributed by atoms with Gasteiger partial charge in [0, 0.05) is 25.4 Å². The second-order valence-corrected chi connectivity index (χ2v) is 4.52. The number of aliphatic hydroxyl groups is 1. The molecule has 0 amide bonds. The quantitative estimate of drug-likeness (QED) is 0.807. The summed E-state index contributed by atoms with van der Waals surface area (Å²) in [4.78, 5) is 6.82. The minimum Gasteiger partial charge on any atom is -0.392 e. The number of anilines is 1. The summed E-state index contributed by atoms with van der Waals surface area (Å²) in [6, 6.07) is 4.34. The summed E-state index contributed by atoms with van der Waals surface area (Å²) in [5, 5.41) is 9.17. The van der Waals surface area contributed by atoms with Crippen LogP contribution >= 0.6 is 0 Å². The van der Waals surface area contributed by atoms with Gasteiger partial charge in [0.2, 0.25) is 0 Å². The molecule has 0 fully saturated rings. The Morgan fingerprint density at radius 2 is 2.17 bits per heavy atom. The fourth-order valence-corrected chi connectivity index (χ4v) is 1.87. The number of nitrogens with zero attached hydrogens (tertiary/aromatic N) is 2. The van der Waals surface area contributed by atoms with Crippen molar-refractivity contribution in [3.8, 4) is 0 Å². The van der Waals surface area contributed by atoms with Crippen LogP contribution in [-0.4, -0.2) is 36.4 Å². The molecule has 18 heavy (non-hydrogen) atoms. The molecule has 1 aromatic heterocycles. The molecular weight excluding hydrogens is 228 g/mol. The molecule has 0 saturated heterocycles. The molecule has 1 atom stereocenters. The molecule has 0 aliphatic carbocycles. The lowest BCUT2D eigenvalue weighted by atomic mass is 10.2. The van der Waals surface area contributed by atoms with Crippen molar-refractivity contribution in [2.24, 2.45) is 0 Å². The Labute approximate surface area is 110 Å². The highest BCUT2D eigenvalue weighted by Gasteiger charge is 2.14. The molecule has 0 aliphatic heterocycles. The van der Waals surface area contributed by atoms with Gasteiger partial charge in [-0.3, -0.25) is 0 Å². The Morgan fingerprint density at radius 1 is 1.44 bits per heavy atom. The topological polar surface area (TPSA) is 45.6 Å². The summed E-state index contributed by atoms with van der Waals surface area (Å²) >= 11 is 0. The number of methoxy groups -OCH3 is 1. The lowest BCUT2D eigenvalue weighted by Crippen LogP contribution is -2.36. The third-order valence-corrected chi connectivity index (χ3v) is 3.30. The zero-order valence-electron chi connectivity index (χ0n) is 11.8. The van der Waals surface area contributed by atoms with Crippen molar-refractivity contribution < 1.29 is 9.84 Å². The lowest BCUT2D eigenvalue weighted by molar-refractivity contribution is 0.203. The van der Waals surface area contributed by atoms with Crippen LogP contribution < -0.4 is 4.90 Å². The SMILES string of the molecule is CCC(C)N(CCOC)c1ccc(CO)c(C)n1. The van der Waals surface area contributed by atoms with Crippen molar-refractivity contribution in [3.05, 3.63) is 23.4 Å². The van der Waals surface area contributed by atoms with E-state index in [2.05, 4.69) is 23.7 Å². The fourth-order valence-electron chi connectivity index (χ4n) is 1.87. The van der Waals surface area contributed by atoms with Crippen LogP contribution in [-0.2, 0) is 11.3 Å². The normalized spacial score (nSPS) is 12.5. The molecule has 1 N–H and O–H groups in total. The van der Waals surface area contributed by atoms with Gasteiger partial charge in [-0.2, -0.15) is 0 Å². The van der Waals surface area contributed by atoms with Gasteiger partial charge in [-0.25, -0.2) is 4.98 Å². The van der Waals surface area contributed by atoms with E-state index < -0.39 is 0 Å². The van der Waals surface area contributed by atoms with Crippen LogP contribution in [0.25, 0.3) is 0 Å². The van der Waals surface area contributed by atoms with Crippen LogP contribution in [0.1, 0.15) is 31.5 Å². The van der Waals surface area contributed by atoms with Crippen molar-refractivity contribution in [1.29, 1.82) is 0 Å². The molecule has 0 spiro atoms. The smallest absolute Gasteiger partial charge is 0.129 e. The average Bonchev–Trinajstić information content (AvgIpc) is 2.39. The molecule has 1 heterocycles. The van der Waals surface area contributed by atoms with Crippen LogP contribution in [0.15, 0.2) is 12.1 Å². The van der Waals surface area contributed by atoms with Crippen LogP contribution in [0.4, 0.5) is 5.82 Å². The van der Waals surface area contributed by atoms with E-state index in [4.69, 9.17) is 4.74 Å². The zero-order chi connectivity index (χ0) is 13.5. The average molecular weight is 252 g/mol. The first-order chi connectivity index (χ1) is 8.63. The monoisotopic (exact) mass is 252 g/mol. The van der Waals surface area contributed by atoms with Crippen molar-refractivity contribution in [1.82, 2.24) is 4.98 Å². The van der Waals surface area contributed by atoms with E-state index >= 15 is 0 Å². The molecular formula is C14H24N2O2. The van der Waals surface area contributed by atoms with E-state index in [1.54, 1.807) is 7.11 Å². The first kappa shape index (κ1) is 14.9. The Hall–Kier alpha value is -1.13. The zero-order valence-corrected chi connectivity index (χ0v) is 11.8. The lowest BCUT2D eigenvalue weighted by Gasteiger charge is -2.30. The van der Waals surface area contributed by atoms with Gasteiger partial charge in [-0.1, -0.05) is 13.0 Å². The maximum atomic E-state index is 9.17. The number of rotatable bonds is 7. The highest BCUT2D eigenvalue weighted by Crippen LogP contribution is 2.18. The van der Waals surface area contributed by atoms with Gasteiger partial charge >= 0.3 is 0 Å². The van der Waals surface area contributed by atoms with E-state index in [0.717, 1.165) is 30.0 Å². The summed E-state index contributed by atoms with van der Waals surface area (Å²) in [6.45, 7) is 7.84. The van der Waals surface area contributed by atoms with Crippen LogP contribution in [0.5, 0.6) is 0 Å². The van der Waals surface area contributed by atoms with E-state index in [9.17, 15) is 5.11 Å². The summed E-state index contributed by atoms with van der Waals surface area (Å²) < 4.78 is 5.15. The third-order valence-electron chi connectivity index (χ3n) is 3.30. The summed E-state index contributed by atoms with van der Waals surface area (Å²) in [7, 11) is 1.71. The summed E-state index contributed by atoms with van der Waals surface area (Å²) in [6.07, 6.45) is 1.06. The standard InChI is InChI=1S/C14H24N2O2/c1-5-11(2)16(8-9-18-4)14-7-6-13(10-17)12(3)15-14/h6-7,11,17H,5,8-10H2,1-4H3.